The summed E-state index contributed by atoms with van der Waals surface area (Å²) >= 11 is 0. The van der Waals surface area contributed by atoms with Gasteiger partial charge in [-0.3, -0.25) is 5.73 Å². The van der Waals surface area contributed by atoms with Crippen LogP contribution in [0.4, 0.5) is 22.0 Å². The lowest BCUT2D eigenvalue weighted by atomic mass is 9.82. The highest BCUT2D eigenvalue weighted by atomic mass is 19.4. The van der Waals surface area contributed by atoms with Crippen molar-refractivity contribution >= 4 is 11.8 Å². The average molecular weight is 376 g/mol. The third-order valence-corrected chi connectivity index (χ3v) is 4.44. The van der Waals surface area contributed by atoms with E-state index in [0.29, 0.717) is 0 Å². The number of hydrogen-bond donors (Lipinski definition) is 3. The van der Waals surface area contributed by atoms with Crippen LogP contribution in [0.15, 0.2) is 28.2 Å². The van der Waals surface area contributed by atoms with E-state index in [1.54, 1.807) is 0 Å². The molecule has 1 aliphatic heterocycles. The highest BCUT2D eigenvalue weighted by molar-refractivity contribution is 6.08. The number of aliphatic imine (C=N–C) groups is 2. The number of nitrogens with one attached hydrogen (secondary N) is 1. The second-order valence-electron chi connectivity index (χ2n) is 6.40. The molecule has 0 aromatic carbocycles. The van der Waals surface area contributed by atoms with Crippen molar-refractivity contribution in [2.45, 2.75) is 43.6 Å². The lowest BCUT2D eigenvalue weighted by Gasteiger charge is -2.38. The molecule has 6 nitrogen and oxygen atoms in total. The Kier molecular flexibility index (Phi) is 4.37. The van der Waals surface area contributed by atoms with Crippen LogP contribution >= 0.6 is 0 Å². The molecule has 1 aliphatic carbocycles. The summed E-state index contributed by atoms with van der Waals surface area (Å²) in [6.07, 6.45) is -5.18. The van der Waals surface area contributed by atoms with Gasteiger partial charge in [0.1, 0.15) is 11.4 Å². The van der Waals surface area contributed by atoms with Crippen molar-refractivity contribution in [3.63, 3.8) is 0 Å². The smallest absolute Gasteiger partial charge is 0.370 e. The molecule has 1 aromatic heterocycles. The maximum absolute atomic E-state index is 13.4. The molecular weight excluding hydrogens is 359 g/mol. The van der Waals surface area contributed by atoms with Gasteiger partial charge in [-0.1, -0.05) is 6.07 Å². The van der Waals surface area contributed by atoms with Crippen LogP contribution in [0.2, 0.25) is 0 Å². The second-order valence-corrected chi connectivity index (χ2v) is 6.40. The zero-order valence-electron chi connectivity index (χ0n) is 13.5. The molecule has 0 spiro atoms. The molecule has 142 valence electrons. The number of hydrogen-bond acceptors (Lipinski definition) is 6. The van der Waals surface area contributed by atoms with E-state index in [2.05, 4.69) is 20.3 Å². The van der Waals surface area contributed by atoms with Crippen LogP contribution in [0.3, 0.4) is 0 Å². The number of nitrogens with two attached hydrogens (primary N) is 2. The van der Waals surface area contributed by atoms with Gasteiger partial charge in [0.25, 0.3) is 0 Å². The van der Waals surface area contributed by atoms with E-state index in [-0.39, 0.29) is 43.2 Å². The molecule has 5 N–H and O–H groups in total. The molecule has 0 amide bonds. The number of amidine groups is 1. The first-order chi connectivity index (χ1) is 12.0. The largest absolute Gasteiger partial charge is 0.433 e. The Morgan fingerprint density at radius 1 is 1.12 bits per heavy atom. The molecule has 1 saturated carbocycles. The van der Waals surface area contributed by atoms with E-state index in [4.69, 9.17) is 11.5 Å². The lowest BCUT2D eigenvalue weighted by Crippen LogP contribution is -2.55. The Morgan fingerprint density at radius 3 is 2.38 bits per heavy atom. The number of rotatable bonds is 2. The zero-order chi connectivity index (χ0) is 19.2. The summed E-state index contributed by atoms with van der Waals surface area (Å²) in [6, 6.07) is 3.31. The first-order valence-electron chi connectivity index (χ1n) is 7.92. The van der Waals surface area contributed by atoms with Gasteiger partial charge in [0.2, 0.25) is 11.7 Å². The van der Waals surface area contributed by atoms with Gasteiger partial charge < -0.3 is 11.1 Å². The van der Waals surface area contributed by atoms with E-state index >= 15 is 0 Å². The van der Waals surface area contributed by atoms with Crippen molar-refractivity contribution in [2.24, 2.45) is 27.4 Å². The summed E-state index contributed by atoms with van der Waals surface area (Å²) in [4.78, 5) is 11.7. The second kappa shape index (κ2) is 6.15. The van der Waals surface area contributed by atoms with Gasteiger partial charge in [0, 0.05) is 18.8 Å². The first kappa shape index (κ1) is 18.5. The molecule has 3 rings (SSSR count). The number of halogens is 5. The third kappa shape index (κ3) is 3.76. The molecule has 0 saturated heterocycles. The van der Waals surface area contributed by atoms with Gasteiger partial charge in [0.15, 0.2) is 11.8 Å². The molecular formula is C15H17F5N6. The fourth-order valence-electron chi connectivity index (χ4n) is 3.07. The minimum absolute atomic E-state index is 0.0765. The van der Waals surface area contributed by atoms with Crippen molar-refractivity contribution in [1.29, 1.82) is 0 Å². The normalized spacial score (nSPS) is 26.7. The van der Waals surface area contributed by atoms with Gasteiger partial charge in [0.05, 0.1) is 0 Å². The van der Waals surface area contributed by atoms with Gasteiger partial charge in [-0.25, -0.2) is 23.7 Å². The predicted molar refractivity (Wildman–Crippen MR) is 84.4 cm³/mol. The molecule has 1 aromatic rings. The monoisotopic (exact) mass is 376 g/mol. The highest BCUT2D eigenvalue weighted by Gasteiger charge is 2.45. The molecule has 2 heterocycles. The number of pyridine rings is 1. The van der Waals surface area contributed by atoms with Crippen LogP contribution < -0.4 is 16.8 Å². The van der Waals surface area contributed by atoms with Crippen molar-refractivity contribution in [1.82, 2.24) is 10.3 Å². The molecule has 11 heteroatoms. The van der Waals surface area contributed by atoms with E-state index in [0.717, 1.165) is 6.07 Å². The van der Waals surface area contributed by atoms with E-state index < -0.39 is 29.5 Å². The van der Waals surface area contributed by atoms with E-state index in [1.807, 2.05) is 0 Å². The van der Waals surface area contributed by atoms with E-state index in [1.165, 1.54) is 12.1 Å². The summed E-state index contributed by atoms with van der Waals surface area (Å²) in [5, 5.41) is 2.54. The van der Waals surface area contributed by atoms with Gasteiger partial charge in [-0.2, -0.15) is 13.2 Å². The van der Waals surface area contributed by atoms with Crippen LogP contribution in [0.1, 0.15) is 37.1 Å². The Labute approximate surface area is 145 Å². The number of nitrogens with zero attached hydrogens (tertiary/aromatic N) is 3. The Morgan fingerprint density at radius 2 is 1.77 bits per heavy atom. The number of guanidine groups is 1. The Bertz CT molecular complexity index is 749. The van der Waals surface area contributed by atoms with Crippen molar-refractivity contribution in [3.8, 4) is 0 Å². The average Bonchev–Trinajstić information content (AvgIpc) is 2.53. The van der Waals surface area contributed by atoms with Crippen LogP contribution in [0, 0.1) is 5.92 Å². The molecule has 1 fully saturated rings. The maximum atomic E-state index is 13.4. The zero-order valence-corrected chi connectivity index (χ0v) is 13.5. The third-order valence-electron chi connectivity index (χ3n) is 4.44. The molecule has 1 atom stereocenters. The Hall–Kier alpha value is -2.30. The molecule has 1 unspecified atom stereocenters. The summed E-state index contributed by atoms with van der Waals surface area (Å²) in [5.41, 5.74) is 10.7. The van der Waals surface area contributed by atoms with Gasteiger partial charge in [-0.05, 0) is 25.0 Å². The van der Waals surface area contributed by atoms with Crippen molar-refractivity contribution in [2.75, 3.05) is 0 Å². The van der Waals surface area contributed by atoms with Crippen LogP contribution in [-0.2, 0) is 6.18 Å². The van der Waals surface area contributed by atoms with Crippen molar-refractivity contribution in [3.05, 3.63) is 29.6 Å². The standard InChI is InChI=1S/C15H17F5N6/c16-13(17)6-4-8(5-7-13)15(22)25-11(24-12(21)26-15)9-2-1-3-10(23-9)14(18,19)20/h1-3,8H,4-7,22H2,(H3,21,24,25,26). The minimum Gasteiger partial charge on any atom is -0.370 e. The summed E-state index contributed by atoms with van der Waals surface area (Å²) in [7, 11) is 0. The quantitative estimate of drug-likeness (QED) is 0.689. The predicted octanol–water partition coefficient (Wildman–Crippen LogP) is 2.20. The number of alkyl halides is 5. The lowest BCUT2D eigenvalue weighted by molar-refractivity contribution is -0.141. The fourth-order valence-corrected chi connectivity index (χ4v) is 3.07. The fraction of sp³-hybridized carbons (Fsp3) is 0.533. The molecule has 0 bridgehead atoms. The number of aromatic nitrogens is 1. The van der Waals surface area contributed by atoms with Gasteiger partial charge in [-0.15, -0.1) is 0 Å². The van der Waals surface area contributed by atoms with Gasteiger partial charge >= 0.3 is 6.18 Å². The summed E-state index contributed by atoms with van der Waals surface area (Å²) in [5.74, 6) is -5.14. The molecule has 0 radical (unpaired) electrons. The van der Waals surface area contributed by atoms with Crippen molar-refractivity contribution < 1.29 is 22.0 Å². The molecule has 2 aliphatic rings. The van der Waals surface area contributed by atoms with E-state index in [9.17, 15) is 22.0 Å². The first-order valence-corrected chi connectivity index (χ1v) is 7.92. The SMILES string of the molecule is NC1=NC(N)(C2CCC(F)(F)CC2)N=C(c2cccc(C(F)(F)F)n2)N1. The Balaban J connectivity index is 1.92. The van der Waals surface area contributed by atoms with Crippen LogP contribution in [-0.4, -0.2) is 28.5 Å². The van der Waals surface area contributed by atoms with Crippen LogP contribution in [0.25, 0.3) is 0 Å². The summed E-state index contributed by atoms with van der Waals surface area (Å²) in [6.45, 7) is 0. The highest BCUT2D eigenvalue weighted by Crippen LogP contribution is 2.41. The topological polar surface area (TPSA) is 102 Å². The summed E-state index contributed by atoms with van der Waals surface area (Å²) < 4.78 is 65.3. The minimum atomic E-state index is -4.63. The van der Waals surface area contributed by atoms with Crippen LogP contribution in [0.5, 0.6) is 0 Å². The molecule has 26 heavy (non-hydrogen) atoms. The maximum Gasteiger partial charge on any atom is 0.433 e.